The third-order valence-corrected chi connectivity index (χ3v) is 8.76. The Morgan fingerprint density at radius 2 is 1.72 bits per heavy atom. The minimum atomic E-state index is -4.31. The molecule has 0 radical (unpaired) electrons. The van der Waals surface area contributed by atoms with Gasteiger partial charge in [-0.25, -0.2) is 36.9 Å². The van der Waals surface area contributed by atoms with Gasteiger partial charge < -0.3 is 19.7 Å². The summed E-state index contributed by atoms with van der Waals surface area (Å²) in [6, 6.07) is 13.0. The molecule has 2 aromatic carbocycles. The lowest BCUT2D eigenvalue weighted by atomic mass is 9.90. The van der Waals surface area contributed by atoms with Crippen LogP contribution >= 0.6 is 0 Å². The molecule has 1 saturated heterocycles. The van der Waals surface area contributed by atoms with Gasteiger partial charge in [-0.05, 0) is 56.9 Å². The van der Waals surface area contributed by atoms with Crippen molar-refractivity contribution in [2.24, 2.45) is 11.8 Å². The third kappa shape index (κ3) is 9.37. The number of hydrogen-bond donors (Lipinski definition) is 2. The summed E-state index contributed by atoms with van der Waals surface area (Å²) in [6.07, 6.45) is 2.76. The van der Waals surface area contributed by atoms with Crippen LogP contribution in [0.25, 0.3) is 11.3 Å². The van der Waals surface area contributed by atoms with E-state index in [2.05, 4.69) is 20.3 Å². The lowest BCUT2D eigenvalue weighted by molar-refractivity contribution is 0.00886. The highest BCUT2D eigenvalue weighted by atomic mass is 32.2. The van der Waals surface area contributed by atoms with Crippen LogP contribution in [-0.2, 0) is 20.5 Å². The zero-order valence-corrected chi connectivity index (χ0v) is 28.3. The summed E-state index contributed by atoms with van der Waals surface area (Å²) >= 11 is 0. The summed E-state index contributed by atoms with van der Waals surface area (Å²) in [6.45, 7) is 5.57. The molecule has 0 spiro atoms. The Labute approximate surface area is 287 Å². The SMILES string of the molecule is CC(C)(C)OC(=O)N1CC(CNc2nccc(-c3cccnc3Oc3cc(F)c(NS(=O)(=O)Cc4ccccc4)c(F)c3F)n2)C[C@@H](CF)C1. The highest BCUT2D eigenvalue weighted by molar-refractivity contribution is 7.91. The van der Waals surface area contributed by atoms with E-state index in [1.54, 1.807) is 49.8 Å². The Morgan fingerprint density at radius 3 is 2.44 bits per heavy atom. The van der Waals surface area contributed by atoms with Gasteiger partial charge in [-0.2, -0.15) is 4.39 Å². The van der Waals surface area contributed by atoms with Crippen molar-refractivity contribution in [1.82, 2.24) is 19.9 Å². The van der Waals surface area contributed by atoms with Gasteiger partial charge in [0.05, 0.1) is 23.7 Å². The minimum absolute atomic E-state index is 0.139. The van der Waals surface area contributed by atoms with Gasteiger partial charge in [-0.1, -0.05) is 30.3 Å². The number of carbonyl (C=O) groups is 1. The van der Waals surface area contributed by atoms with Crippen LogP contribution in [0.3, 0.4) is 0 Å². The van der Waals surface area contributed by atoms with Crippen LogP contribution in [0.4, 0.5) is 34.0 Å². The van der Waals surface area contributed by atoms with Crippen molar-refractivity contribution < 1.29 is 40.2 Å². The van der Waals surface area contributed by atoms with Crippen molar-refractivity contribution in [2.75, 3.05) is 36.3 Å². The number of amides is 1. The Kier molecular flexibility index (Phi) is 11.1. The molecule has 1 unspecified atom stereocenters. The molecule has 2 N–H and O–H groups in total. The molecule has 0 aliphatic carbocycles. The fourth-order valence-corrected chi connectivity index (χ4v) is 6.58. The standard InChI is InChI=1S/C34H36F4N6O5S/c1-34(2,3)49-33(45)44-18-22(16-35)14-23(19-44)17-41-32-40-13-11-26(42-32)24-10-7-12-39-31(24)48-27-15-25(36)30(29(38)28(27)37)43-50(46,47)20-21-8-5-4-6-9-21/h4-13,15,22-23,43H,14,16-20H2,1-3H3,(H,40,41,42)/t22-,23?/m0/s1. The summed E-state index contributed by atoms with van der Waals surface area (Å²) in [4.78, 5) is 27.0. The Balaban J connectivity index is 1.30. The molecular weight excluding hydrogens is 680 g/mol. The third-order valence-electron chi connectivity index (χ3n) is 7.53. The first-order chi connectivity index (χ1) is 23.7. The number of benzene rings is 2. The summed E-state index contributed by atoms with van der Waals surface area (Å²) in [5, 5.41) is 3.11. The number of likely N-dealkylation sites (tertiary alicyclic amines) is 1. The van der Waals surface area contributed by atoms with E-state index in [4.69, 9.17) is 9.47 Å². The average molecular weight is 717 g/mol. The predicted molar refractivity (Wildman–Crippen MR) is 178 cm³/mol. The number of hydrogen-bond acceptors (Lipinski definition) is 9. The summed E-state index contributed by atoms with van der Waals surface area (Å²) in [5.41, 5.74) is -1.05. The topological polar surface area (TPSA) is 136 Å². The van der Waals surface area contributed by atoms with E-state index < -0.39 is 63.0 Å². The first-order valence-electron chi connectivity index (χ1n) is 15.7. The number of alkyl halides is 1. The fourth-order valence-electron chi connectivity index (χ4n) is 5.38. The maximum Gasteiger partial charge on any atom is 0.410 e. The number of pyridine rings is 1. The number of sulfonamides is 1. The summed E-state index contributed by atoms with van der Waals surface area (Å²) < 4.78 is 97.0. The molecular formula is C34H36F4N6O5S. The second-order valence-electron chi connectivity index (χ2n) is 12.8. The van der Waals surface area contributed by atoms with Crippen LogP contribution in [0.5, 0.6) is 11.6 Å². The predicted octanol–water partition coefficient (Wildman–Crippen LogP) is 6.94. The Morgan fingerprint density at radius 1 is 0.980 bits per heavy atom. The zero-order valence-electron chi connectivity index (χ0n) is 27.5. The number of nitrogens with one attached hydrogen (secondary N) is 2. The van der Waals surface area contributed by atoms with Crippen molar-refractivity contribution in [1.29, 1.82) is 0 Å². The molecule has 0 bridgehead atoms. The van der Waals surface area contributed by atoms with Crippen LogP contribution in [0.2, 0.25) is 0 Å². The Bertz CT molecular complexity index is 1930. The highest BCUT2D eigenvalue weighted by Crippen LogP contribution is 2.36. The van der Waals surface area contributed by atoms with Crippen molar-refractivity contribution in [3.05, 3.63) is 90.0 Å². The van der Waals surface area contributed by atoms with Gasteiger partial charge in [-0.15, -0.1) is 0 Å². The van der Waals surface area contributed by atoms with Crippen molar-refractivity contribution in [2.45, 2.75) is 38.5 Å². The molecule has 3 heterocycles. The first-order valence-corrected chi connectivity index (χ1v) is 17.3. The molecule has 11 nitrogen and oxygen atoms in total. The maximum atomic E-state index is 15.2. The lowest BCUT2D eigenvalue weighted by Gasteiger charge is -2.37. The van der Waals surface area contributed by atoms with Gasteiger partial charge in [-0.3, -0.25) is 9.11 Å². The van der Waals surface area contributed by atoms with E-state index in [1.165, 1.54) is 41.6 Å². The molecule has 1 fully saturated rings. The number of anilines is 2. The summed E-state index contributed by atoms with van der Waals surface area (Å²) in [7, 11) is -4.31. The average Bonchev–Trinajstić information content (AvgIpc) is 3.08. The number of rotatable bonds is 11. The number of halogens is 4. The molecule has 2 aromatic heterocycles. The zero-order chi connectivity index (χ0) is 36.1. The van der Waals surface area contributed by atoms with Gasteiger partial charge in [0.25, 0.3) is 0 Å². The minimum Gasteiger partial charge on any atom is -0.444 e. The molecule has 0 saturated carbocycles. The number of piperidine rings is 1. The van der Waals surface area contributed by atoms with Gasteiger partial charge >= 0.3 is 6.09 Å². The smallest absolute Gasteiger partial charge is 0.410 e. The van der Waals surface area contributed by atoms with Gasteiger partial charge in [0.2, 0.25) is 27.7 Å². The van der Waals surface area contributed by atoms with E-state index in [-0.39, 0.29) is 41.5 Å². The van der Waals surface area contributed by atoms with E-state index in [0.717, 1.165) is 0 Å². The fraction of sp³-hybridized carbons (Fsp3) is 0.353. The number of ether oxygens (including phenoxy) is 2. The van der Waals surface area contributed by atoms with Crippen LogP contribution in [-0.4, -0.2) is 66.3 Å². The molecule has 1 aliphatic heterocycles. The molecule has 266 valence electrons. The molecule has 2 atom stereocenters. The quantitative estimate of drug-likeness (QED) is 0.125. The number of aromatic nitrogens is 3. The van der Waals surface area contributed by atoms with E-state index in [1.807, 2.05) is 0 Å². The monoisotopic (exact) mass is 716 g/mol. The van der Waals surface area contributed by atoms with E-state index >= 15 is 13.2 Å². The Hall–Kier alpha value is -4.99. The summed E-state index contributed by atoms with van der Waals surface area (Å²) in [5.74, 6) is -6.91. The second-order valence-corrected chi connectivity index (χ2v) is 14.5. The normalized spacial score (nSPS) is 16.5. The van der Waals surface area contributed by atoms with Crippen LogP contribution in [0.15, 0.2) is 67.0 Å². The van der Waals surface area contributed by atoms with Crippen molar-refractivity contribution in [3.63, 3.8) is 0 Å². The molecule has 5 rings (SSSR count). The molecule has 50 heavy (non-hydrogen) atoms. The van der Waals surface area contributed by atoms with Crippen LogP contribution in [0.1, 0.15) is 32.8 Å². The van der Waals surface area contributed by atoms with Crippen LogP contribution < -0.4 is 14.8 Å². The van der Waals surface area contributed by atoms with Gasteiger partial charge in [0, 0.05) is 44.0 Å². The molecule has 1 aliphatic rings. The number of nitrogens with zero attached hydrogens (tertiary/aromatic N) is 4. The van der Waals surface area contributed by atoms with Crippen LogP contribution in [0, 0.1) is 29.3 Å². The van der Waals surface area contributed by atoms with Gasteiger partial charge in [0.15, 0.2) is 17.4 Å². The number of carbonyl (C=O) groups excluding carboxylic acids is 1. The largest absolute Gasteiger partial charge is 0.444 e. The van der Waals surface area contributed by atoms with E-state index in [9.17, 15) is 17.6 Å². The van der Waals surface area contributed by atoms with Crippen molar-refractivity contribution in [3.8, 4) is 22.9 Å². The second kappa shape index (κ2) is 15.3. The molecule has 16 heteroatoms. The molecule has 4 aromatic rings. The highest BCUT2D eigenvalue weighted by Gasteiger charge is 2.33. The first kappa shape index (κ1) is 36.3. The van der Waals surface area contributed by atoms with Crippen molar-refractivity contribution >= 4 is 27.8 Å². The maximum absolute atomic E-state index is 15.2. The van der Waals surface area contributed by atoms with E-state index in [0.29, 0.717) is 31.1 Å². The molecule has 1 amide bonds. The lowest BCUT2D eigenvalue weighted by Crippen LogP contribution is -2.48. The van der Waals surface area contributed by atoms with Gasteiger partial charge in [0.1, 0.15) is 11.3 Å².